The van der Waals surface area contributed by atoms with Crippen LogP contribution in [0.4, 0.5) is 0 Å². The molecule has 5 rings (SSSR count). The highest BCUT2D eigenvalue weighted by molar-refractivity contribution is 5.87. The molecule has 0 atom stereocenters. The number of aromatic nitrogens is 3. The maximum atomic E-state index is 12.1. The molecule has 0 unspecified atom stereocenters. The lowest BCUT2D eigenvalue weighted by molar-refractivity contribution is 0.0694. The van der Waals surface area contributed by atoms with Crippen LogP contribution in [0.5, 0.6) is 5.75 Å². The van der Waals surface area contributed by atoms with Gasteiger partial charge in [0, 0.05) is 24.4 Å². The minimum atomic E-state index is -1.21. The summed E-state index contributed by atoms with van der Waals surface area (Å²) < 4.78 is 9.08. The lowest BCUT2D eigenvalue weighted by Gasteiger charge is -2.20. The Morgan fingerprint density at radius 3 is 2.29 bits per heavy atom. The predicted molar refractivity (Wildman–Crippen MR) is 152 cm³/mol. The normalized spacial score (nSPS) is 11.3. The van der Waals surface area contributed by atoms with E-state index in [0.717, 1.165) is 40.6 Å². The summed E-state index contributed by atoms with van der Waals surface area (Å²) in [4.78, 5) is 23.3. The third-order valence-electron chi connectivity index (χ3n) is 5.84. The Morgan fingerprint density at radius 2 is 1.71 bits per heavy atom. The van der Waals surface area contributed by atoms with Gasteiger partial charge in [-0.15, -0.1) is 0 Å². The number of carbonyl (C=O) groups is 1. The van der Waals surface area contributed by atoms with Crippen LogP contribution in [0.15, 0.2) is 71.7 Å². The van der Waals surface area contributed by atoms with Crippen LogP contribution in [-0.4, -0.2) is 32.5 Å². The van der Waals surface area contributed by atoms with Gasteiger partial charge in [-0.1, -0.05) is 69.7 Å². The Morgan fingerprint density at radius 1 is 1.03 bits per heavy atom. The van der Waals surface area contributed by atoms with E-state index in [1.165, 1.54) is 17.8 Å². The smallest absolute Gasteiger partial charge is 0.341 e. The Bertz CT molecular complexity index is 1430. The Labute approximate surface area is 224 Å². The highest BCUT2D eigenvalue weighted by atomic mass is 16.5. The van der Waals surface area contributed by atoms with Gasteiger partial charge in [0.25, 0.3) is 0 Å². The zero-order chi connectivity index (χ0) is 27.8. The molecule has 0 amide bonds. The van der Waals surface area contributed by atoms with Crippen LogP contribution in [0.2, 0.25) is 0 Å². The van der Waals surface area contributed by atoms with Gasteiger partial charge in [-0.25, -0.2) is 4.79 Å². The number of fused-ring (bicyclic) bond motifs is 3. The molecular weight excluding hydrogens is 478 g/mol. The van der Waals surface area contributed by atoms with Gasteiger partial charge >= 0.3 is 5.97 Å². The average Bonchev–Trinajstić information content (AvgIpc) is 3.33. The maximum Gasteiger partial charge on any atom is 0.341 e. The summed E-state index contributed by atoms with van der Waals surface area (Å²) in [7, 11) is 1.62. The van der Waals surface area contributed by atoms with Gasteiger partial charge in [0.15, 0.2) is 5.43 Å². The van der Waals surface area contributed by atoms with Crippen LogP contribution in [-0.2, 0) is 19.5 Å². The van der Waals surface area contributed by atoms with E-state index in [4.69, 9.17) is 9.84 Å². The van der Waals surface area contributed by atoms with Crippen molar-refractivity contribution < 1.29 is 14.6 Å². The number of carboxylic acid groups (broad SMARTS) is 1. The van der Waals surface area contributed by atoms with Crippen LogP contribution in [0.3, 0.4) is 0 Å². The Kier molecular flexibility index (Phi) is 9.66. The van der Waals surface area contributed by atoms with E-state index in [1.807, 2.05) is 41.9 Å². The van der Waals surface area contributed by atoms with Crippen LogP contribution in [0, 0.1) is 12.8 Å². The van der Waals surface area contributed by atoms with E-state index >= 15 is 0 Å². The summed E-state index contributed by atoms with van der Waals surface area (Å²) in [6, 6.07) is 19.6. The fourth-order valence-corrected chi connectivity index (χ4v) is 4.00. The minimum Gasteiger partial charge on any atom is -0.496 e. The van der Waals surface area contributed by atoms with Crippen molar-refractivity contribution in [1.82, 2.24) is 14.3 Å². The van der Waals surface area contributed by atoms with E-state index in [2.05, 4.69) is 57.1 Å². The molecular formula is C31H37N3O4. The van der Waals surface area contributed by atoms with Crippen molar-refractivity contribution in [3.8, 4) is 28.4 Å². The first-order valence-corrected chi connectivity index (χ1v) is 12.9. The topological polar surface area (TPSA) is 86.3 Å². The number of hydrogen-bond donors (Lipinski definition) is 1. The number of aromatic carboxylic acids is 1. The molecule has 200 valence electrons. The zero-order valence-electron chi connectivity index (χ0n) is 23.1. The van der Waals surface area contributed by atoms with Crippen LogP contribution in [0.25, 0.3) is 22.6 Å². The molecule has 0 bridgehead atoms. The molecule has 4 aromatic rings. The van der Waals surface area contributed by atoms with Crippen molar-refractivity contribution in [2.75, 3.05) is 7.11 Å². The Balaban J connectivity index is 0.000000277. The molecule has 38 heavy (non-hydrogen) atoms. The lowest BCUT2D eigenvalue weighted by atomic mass is 10.1. The fourth-order valence-electron chi connectivity index (χ4n) is 4.00. The van der Waals surface area contributed by atoms with E-state index in [0.29, 0.717) is 18.8 Å². The van der Waals surface area contributed by atoms with Crippen LogP contribution >= 0.6 is 0 Å². The fraction of sp³-hybridized carbons (Fsp3) is 0.323. The monoisotopic (exact) mass is 515 g/mol. The molecule has 1 aliphatic heterocycles. The molecule has 7 heteroatoms. The van der Waals surface area contributed by atoms with Crippen molar-refractivity contribution >= 4 is 5.97 Å². The average molecular weight is 516 g/mol. The maximum absolute atomic E-state index is 12.1. The summed E-state index contributed by atoms with van der Waals surface area (Å²) in [5, 5.41) is 13.8. The predicted octanol–water partition coefficient (Wildman–Crippen LogP) is 6.32. The summed E-state index contributed by atoms with van der Waals surface area (Å²) in [5.41, 5.74) is 4.85. The van der Waals surface area contributed by atoms with Crippen LogP contribution < -0.4 is 10.2 Å². The number of benzene rings is 2. The first-order valence-electron chi connectivity index (χ1n) is 12.9. The van der Waals surface area contributed by atoms with E-state index in [9.17, 15) is 9.59 Å². The SMILES string of the molecule is CC(C)C.CCc1ccccc1.COc1ccc(C)cc1-c1cc2n(n1)CCn1cc(C(=O)O)c(=O)cc1-2. The third-order valence-corrected chi connectivity index (χ3v) is 5.84. The first kappa shape index (κ1) is 28.4. The second kappa shape index (κ2) is 12.9. The van der Waals surface area contributed by atoms with Gasteiger partial charge in [-0.2, -0.15) is 5.10 Å². The molecule has 2 aromatic carbocycles. The van der Waals surface area contributed by atoms with E-state index < -0.39 is 11.4 Å². The van der Waals surface area contributed by atoms with Crippen molar-refractivity contribution in [1.29, 1.82) is 0 Å². The molecule has 0 radical (unpaired) electrons. The highest BCUT2D eigenvalue weighted by Crippen LogP contribution is 2.34. The number of carboxylic acids is 1. The second-order valence-electron chi connectivity index (χ2n) is 9.85. The molecule has 0 aliphatic carbocycles. The molecule has 7 nitrogen and oxygen atoms in total. The van der Waals surface area contributed by atoms with E-state index in [1.54, 1.807) is 11.7 Å². The summed E-state index contributed by atoms with van der Waals surface area (Å²) in [6.07, 6.45) is 2.55. The molecule has 1 N–H and O–H groups in total. The molecule has 2 aromatic heterocycles. The van der Waals surface area contributed by atoms with Gasteiger partial charge in [0.05, 0.1) is 30.7 Å². The zero-order valence-corrected chi connectivity index (χ0v) is 23.1. The second-order valence-corrected chi connectivity index (χ2v) is 9.85. The van der Waals surface area contributed by atoms with Gasteiger partial charge in [-0.05, 0) is 43.0 Å². The quantitative estimate of drug-likeness (QED) is 0.344. The number of nitrogens with zero attached hydrogens (tertiary/aromatic N) is 3. The van der Waals surface area contributed by atoms with Gasteiger partial charge in [-0.3, -0.25) is 9.48 Å². The molecule has 0 saturated heterocycles. The summed E-state index contributed by atoms with van der Waals surface area (Å²) in [5.74, 6) is 0.347. The van der Waals surface area contributed by atoms with Crippen molar-refractivity contribution in [3.05, 3.63) is 93.8 Å². The van der Waals surface area contributed by atoms with Gasteiger partial charge in [0.2, 0.25) is 0 Å². The minimum absolute atomic E-state index is 0.220. The standard InChI is InChI=1S/C19H17N3O4.C8H10.C4H10/c1-11-3-4-18(26-2)12(7-11)14-8-16-15-9-17(23)13(19(24)25)10-21(15)5-6-22(16)20-14;1-2-8-6-4-3-5-7-8;1-4(2)3/h3-4,7-10H,5-6H2,1-2H3,(H,24,25);3-7H,2H2,1H3;4H,1-3H3. The third kappa shape index (κ3) is 7.00. The number of pyridine rings is 1. The molecule has 0 fully saturated rings. The molecule has 0 saturated carbocycles. The first-order chi connectivity index (χ1) is 18.1. The summed E-state index contributed by atoms with van der Waals surface area (Å²) in [6.45, 7) is 11.8. The molecule has 3 heterocycles. The number of ether oxygens (including phenoxy) is 1. The Hall–Kier alpha value is -4.13. The highest BCUT2D eigenvalue weighted by Gasteiger charge is 2.22. The summed E-state index contributed by atoms with van der Waals surface area (Å²) >= 11 is 0. The number of rotatable bonds is 4. The van der Waals surface area contributed by atoms with Crippen molar-refractivity contribution in [3.63, 3.8) is 0 Å². The van der Waals surface area contributed by atoms with Gasteiger partial charge in [0.1, 0.15) is 11.3 Å². The number of hydrogen-bond acceptors (Lipinski definition) is 4. The lowest BCUT2D eigenvalue weighted by Crippen LogP contribution is -2.24. The van der Waals surface area contributed by atoms with E-state index in [-0.39, 0.29) is 5.56 Å². The largest absolute Gasteiger partial charge is 0.496 e. The number of aryl methyl sites for hydroxylation is 4. The van der Waals surface area contributed by atoms with Crippen molar-refractivity contribution in [2.24, 2.45) is 5.92 Å². The van der Waals surface area contributed by atoms with Gasteiger partial charge < -0.3 is 14.4 Å². The van der Waals surface area contributed by atoms with Crippen molar-refractivity contribution in [2.45, 2.75) is 54.1 Å². The molecule has 1 aliphatic rings. The van der Waals surface area contributed by atoms with Crippen LogP contribution in [0.1, 0.15) is 49.2 Å². The molecule has 0 spiro atoms. The number of methoxy groups -OCH3 is 1.